The van der Waals surface area contributed by atoms with Gasteiger partial charge in [0.1, 0.15) is 0 Å². The lowest BCUT2D eigenvalue weighted by Crippen LogP contribution is -2.17. The van der Waals surface area contributed by atoms with Crippen molar-refractivity contribution in [3.63, 3.8) is 0 Å². The van der Waals surface area contributed by atoms with Crippen molar-refractivity contribution in [2.75, 3.05) is 16.4 Å². The summed E-state index contributed by atoms with van der Waals surface area (Å²) in [5.74, 6) is 1.13. The third-order valence-electron chi connectivity index (χ3n) is 5.52. The largest absolute Gasteiger partial charge is 0.378 e. The van der Waals surface area contributed by atoms with Gasteiger partial charge in [0.15, 0.2) is 11.0 Å². The van der Waals surface area contributed by atoms with Gasteiger partial charge in [-0.15, -0.1) is 10.2 Å². The Kier molecular flexibility index (Phi) is 8.33. The smallest absolute Gasteiger partial charge is 0.234 e. The molecule has 170 valence electrons. The summed E-state index contributed by atoms with van der Waals surface area (Å²) in [7, 11) is 0. The second-order valence-electron chi connectivity index (χ2n) is 7.81. The lowest BCUT2D eigenvalue weighted by Gasteiger charge is -2.14. The summed E-state index contributed by atoms with van der Waals surface area (Å²) < 4.78 is 2.06. The summed E-state index contributed by atoms with van der Waals surface area (Å²) in [4.78, 5) is 12.7. The van der Waals surface area contributed by atoms with Gasteiger partial charge >= 0.3 is 0 Å². The SMILES string of the molecule is CCc1cccc(CC)c1NC(=O)CSc1nnc(CNc2ccc(C)cc2C)n1CC. The maximum atomic E-state index is 12.7. The number of aryl methyl sites for hydroxylation is 4. The summed E-state index contributed by atoms with van der Waals surface area (Å²) in [5.41, 5.74) is 6.83. The number of nitrogens with zero attached hydrogens (tertiary/aromatic N) is 3. The van der Waals surface area contributed by atoms with E-state index >= 15 is 0 Å². The average Bonchev–Trinajstić information content (AvgIpc) is 3.19. The number of carbonyl (C=O) groups excluding carboxylic acids is 1. The topological polar surface area (TPSA) is 71.8 Å². The minimum absolute atomic E-state index is 0.0220. The van der Waals surface area contributed by atoms with Gasteiger partial charge in [0.2, 0.25) is 5.91 Å². The van der Waals surface area contributed by atoms with Gasteiger partial charge < -0.3 is 15.2 Å². The molecule has 0 atom stereocenters. The predicted molar refractivity (Wildman–Crippen MR) is 133 cm³/mol. The van der Waals surface area contributed by atoms with Crippen molar-refractivity contribution in [3.05, 3.63) is 64.5 Å². The van der Waals surface area contributed by atoms with Crippen molar-refractivity contribution < 1.29 is 4.79 Å². The molecule has 0 aliphatic carbocycles. The second-order valence-corrected chi connectivity index (χ2v) is 8.75. The molecule has 1 aromatic heterocycles. The van der Waals surface area contributed by atoms with Gasteiger partial charge in [-0.05, 0) is 56.4 Å². The van der Waals surface area contributed by atoms with Crippen LogP contribution in [0.15, 0.2) is 41.6 Å². The summed E-state index contributed by atoms with van der Waals surface area (Å²) in [6.07, 6.45) is 1.77. The molecule has 0 radical (unpaired) electrons. The number of rotatable bonds is 10. The number of anilines is 2. The monoisotopic (exact) mass is 451 g/mol. The van der Waals surface area contributed by atoms with Crippen LogP contribution in [0, 0.1) is 13.8 Å². The molecule has 3 aromatic rings. The highest BCUT2D eigenvalue weighted by Gasteiger charge is 2.15. The summed E-state index contributed by atoms with van der Waals surface area (Å²) in [6.45, 7) is 11.8. The maximum absolute atomic E-state index is 12.7. The number of thioether (sulfide) groups is 1. The van der Waals surface area contributed by atoms with Crippen LogP contribution in [0.4, 0.5) is 11.4 Å². The Balaban J connectivity index is 1.63. The van der Waals surface area contributed by atoms with E-state index in [1.54, 1.807) is 0 Å². The maximum Gasteiger partial charge on any atom is 0.234 e. The highest BCUT2D eigenvalue weighted by atomic mass is 32.2. The first kappa shape index (κ1) is 23.9. The fourth-order valence-corrected chi connectivity index (χ4v) is 4.59. The zero-order chi connectivity index (χ0) is 23.1. The Hall–Kier alpha value is -2.80. The normalized spacial score (nSPS) is 10.9. The zero-order valence-corrected chi connectivity index (χ0v) is 20.5. The molecular weight excluding hydrogens is 418 g/mol. The second kappa shape index (κ2) is 11.2. The molecule has 0 bridgehead atoms. The number of benzene rings is 2. The molecule has 0 aliphatic rings. The highest BCUT2D eigenvalue weighted by Crippen LogP contribution is 2.24. The first-order chi connectivity index (χ1) is 15.5. The van der Waals surface area contributed by atoms with Gasteiger partial charge in [-0.25, -0.2) is 0 Å². The van der Waals surface area contributed by atoms with Gasteiger partial charge in [-0.1, -0.05) is 61.5 Å². The molecule has 7 heteroatoms. The van der Waals surface area contributed by atoms with E-state index in [1.807, 2.05) is 0 Å². The Morgan fingerprint density at radius 2 is 1.75 bits per heavy atom. The number of aromatic nitrogens is 3. The first-order valence-corrected chi connectivity index (χ1v) is 12.2. The number of carbonyl (C=O) groups is 1. The van der Waals surface area contributed by atoms with Crippen molar-refractivity contribution in [1.82, 2.24) is 14.8 Å². The highest BCUT2D eigenvalue weighted by molar-refractivity contribution is 7.99. The van der Waals surface area contributed by atoms with Crippen LogP contribution in [0.1, 0.15) is 48.8 Å². The fourth-order valence-electron chi connectivity index (χ4n) is 3.77. The van der Waals surface area contributed by atoms with Gasteiger partial charge in [0.05, 0.1) is 12.3 Å². The Morgan fingerprint density at radius 3 is 2.38 bits per heavy atom. The first-order valence-electron chi connectivity index (χ1n) is 11.2. The van der Waals surface area contributed by atoms with Gasteiger partial charge in [0, 0.05) is 17.9 Å². The quantitative estimate of drug-likeness (QED) is 0.405. The number of hydrogen-bond acceptors (Lipinski definition) is 5. The molecular formula is C25H33N5OS. The van der Waals surface area contributed by atoms with Crippen LogP contribution in [0.2, 0.25) is 0 Å². The molecule has 0 saturated heterocycles. The van der Waals surface area contributed by atoms with E-state index in [1.165, 1.54) is 34.0 Å². The summed E-state index contributed by atoms with van der Waals surface area (Å²) >= 11 is 1.42. The van der Waals surface area contributed by atoms with E-state index in [9.17, 15) is 4.79 Å². The molecule has 3 rings (SSSR count). The predicted octanol–water partition coefficient (Wildman–Crippen LogP) is 5.38. The number of hydrogen-bond donors (Lipinski definition) is 2. The minimum atomic E-state index is -0.0220. The van der Waals surface area contributed by atoms with Crippen LogP contribution in [-0.4, -0.2) is 26.4 Å². The van der Waals surface area contributed by atoms with Gasteiger partial charge in [-0.3, -0.25) is 4.79 Å². The summed E-state index contributed by atoms with van der Waals surface area (Å²) in [5, 5.41) is 16.0. The van der Waals surface area contributed by atoms with Gasteiger partial charge in [-0.2, -0.15) is 0 Å². The average molecular weight is 452 g/mol. The van der Waals surface area contributed by atoms with E-state index in [0.717, 1.165) is 41.7 Å². The molecule has 1 amide bonds. The Bertz CT molecular complexity index is 1050. The van der Waals surface area contributed by atoms with Crippen LogP contribution in [-0.2, 0) is 30.7 Å². The van der Waals surface area contributed by atoms with Gasteiger partial charge in [0.25, 0.3) is 0 Å². The molecule has 2 aromatic carbocycles. The third kappa shape index (κ3) is 5.71. The molecule has 32 heavy (non-hydrogen) atoms. The van der Waals surface area contributed by atoms with E-state index in [0.29, 0.717) is 12.3 Å². The third-order valence-corrected chi connectivity index (χ3v) is 6.49. The van der Waals surface area contributed by atoms with Crippen LogP contribution in [0.3, 0.4) is 0 Å². The van der Waals surface area contributed by atoms with E-state index in [4.69, 9.17) is 0 Å². The zero-order valence-electron chi connectivity index (χ0n) is 19.7. The van der Waals surface area contributed by atoms with Crippen LogP contribution in [0.5, 0.6) is 0 Å². The Morgan fingerprint density at radius 1 is 1.03 bits per heavy atom. The van der Waals surface area contributed by atoms with Crippen molar-refractivity contribution >= 4 is 29.0 Å². The van der Waals surface area contributed by atoms with Crippen LogP contribution in [0.25, 0.3) is 0 Å². The van der Waals surface area contributed by atoms with Crippen molar-refractivity contribution in [1.29, 1.82) is 0 Å². The number of nitrogens with one attached hydrogen (secondary N) is 2. The lowest BCUT2D eigenvalue weighted by molar-refractivity contribution is -0.113. The molecule has 0 unspecified atom stereocenters. The number of amides is 1. The van der Waals surface area contributed by atoms with Crippen LogP contribution >= 0.6 is 11.8 Å². The number of para-hydroxylation sites is 1. The lowest BCUT2D eigenvalue weighted by atomic mass is 10.0. The van der Waals surface area contributed by atoms with Crippen molar-refractivity contribution in [2.45, 2.75) is 65.7 Å². The fraction of sp³-hybridized carbons (Fsp3) is 0.400. The molecule has 1 heterocycles. The van der Waals surface area contributed by atoms with E-state index < -0.39 is 0 Å². The van der Waals surface area contributed by atoms with E-state index in [2.05, 4.69) is 96.4 Å². The molecule has 0 fully saturated rings. The Labute approximate surface area is 195 Å². The standard InChI is InChI=1S/C25H33N5OS/c1-6-19-10-9-11-20(7-2)24(19)27-23(31)16-32-25-29-28-22(30(25)8-3)15-26-21-13-12-17(4)14-18(21)5/h9-14,26H,6-8,15-16H2,1-5H3,(H,27,31). The van der Waals surface area contributed by atoms with Crippen molar-refractivity contribution in [3.8, 4) is 0 Å². The molecule has 0 saturated carbocycles. The molecule has 0 aliphatic heterocycles. The van der Waals surface area contributed by atoms with Crippen molar-refractivity contribution in [2.24, 2.45) is 0 Å². The molecule has 6 nitrogen and oxygen atoms in total. The minimum Gasteiger partial charge on any atom is -0.378 e. The summed E-state index contributed by atoms with van der Waals surface area (Å²) in [6, 6.07) is 12.6. The van der Waals surface area contributed by atoms with E-state index in [-0.39, 0.29) is 5.91 Å². The molecule has 0 spiro atoms. The molecule has 2 N–H and O–H groups in total. The van der Waals surface area contributed by atoms with Crippen LogP contribution < -0.4 is 10.6 Å².